The van der Waals surface area contributed by atoms with E-state index in [1.54, 1.807) is 0 Å². The van der Waals surface area contributed by atoms with Crippen molar-refractivity contribution in [1.82, 2.24) is 0 Å². The van der Waals surface area contributed by atoms with Crippen molar-refractivity contribution in [2.24, 2.45) is 0 Å². The fourth-order valence-corrected chi connectivity index (χ4v) is 1.99. The second-order valence-electron chi connectivity index (χ2n) is 4.79. The molecule has 0 aliphatic carbocycles. The molecule has 0 fully saturated rings. The van der Waals surface area contributed by atoms with Crippen LogP contribution in [0, 0.1) is 0 Å². The van der Waals surface area contributed by atoms with E-state index < -0.39 is 5.97 Å². The van der Waals surface area contributed by atoms with Crippen molar-refractivity contribution >= 4 is 5.97 Å². The third-order valence-electron chi connectivity index (χ3n) is 3.11. The van der Waals surface area contributed by atoms with Gasteiger partial charge in [0.15, 0.2) is 0 Å². The first-order valence-corrected chi connectivity index (χ1v) is 6.16. The van der Waals surface area contributed by atoms with E-state index in [9.17, 15) is 15.0 Å². The third-order valence-corrected chi connectivity index (χ3v) is 3.11. The van der Waals surface area contributed by atoms with Gasteiger partial charge in [0.05, 0.1) is 0 Å². The summed E-state index contributed by atoms with van der Waals surface area (Å²) in [4.78, 5) is 11.2. The van der Waals surface area contributed by atoms with E-state index in [1.165, 1.54) is 6.07 Å². The van der Waals surface area contributed by atoms with Gasteiger partial charge in [-0.25, -0.2) is 4.79 Å². The predicted molar refractivity (Wildman–Crippen MR) is 74.6 cm³/mol. The minimum absolute atomic E-state index is 0. The maximum absolute atomic E-state index is 11.2. The first kappa shape index (κ1) is 16.4. The van der Waals surface area contributed by atoms with Gasteiger partial charge < -0.3 is 10.2 Å². The molecular weight excluding hydrogens is 306 g/mol. The molecule has 100 valence electrons. The SMILES string of the molecule is CC(C)c1cc(C(=O)O)c(O)c(-c2ccccc2)c1.[Zn]. The molecule has 0 bridgehead atoms. The molecule has 2 aromatic carbocycles. The van der Waals surface area contributed by atoms with E-state index in [0.717, 1.165) is 11.1 Å². The smallest absolute Gasteiger partial charge is 0.339 e. The van der Waals surface area contributed by atoms with Gasteiger partial charge in [0, 0.05) is 25.0 Å². The molecule has 0 aliphatic heterocycles. The molecule has 0 spiro atoms. The van der Waals surface area contributed by atoms with E-state index >= 15 is 0 Å². The van der Waals surface area contributed by atoms with Crippen LogP contribution in [0.3, 0.4) is 0 Å². The van der Waals surface area contributed by atoms with E-state index in [2.05, 4.69) is 0 Å². The van der Waals surface area contributed by atoms with Crippen molar-refractivity contribution in [1.29, 1.82) is 0 Å². The van der Waals surface area contributed by atoms with Gasteiger partial charge in [-0.3, -0.25) is 0 Å². The van der Waals surface area contributed by atoms with Gasteiger partial charge >= 0.3 is 5.97 Å². The number of carboxylic acids is 1. The van der Waals surface area contributed by atoms with Gasteiger partial charge in [0.1, 0.15) is 11.3 Å². The molecule has 0 atom stereocenters. The quantitative estimate of drug-likeness (QED) is 0.844. The van der Waals surface area contributed by atoms with Gasteiger partial charge in [0.25, 0.3) is 0 Å². The van der Waals surface area contributed by atoms with Crippen LogP contribution in [0.5, 0.6) is 5.75 Å². The normalized spacial score (nSPS) is 10.2. The Labute approximate surface area is 131 Å². The van der Waals surface area contributed by atoms with Crippen LogP contribution in [0.15, 0.2) is 42.5 Å². The Kier molecular flexibility index (Phi) is 5.46. The van der Waals surface area contributed by atoms with E-state index in [4.69, 9.17) is 0 Å². The number of aromatic hydroxyl groups is 1. The summed E-state index contributed by atoms with van der Waals surface area (Å²) in [5, 5.41) is 19.3. The molecule has 0 saturated carbocycles. The van der Waals surface area contributed by atoms with Crippen molar-refractivity contribution in [3.05, 3.63) is 53.6 Å². The fourth-order valence-electron chi connectivity index (χ4n) is 1.99. The molecule has 0 saturated heterocycles. The molecular formula is C16H16O3Zn. The second kappa shape index (κ2) is 6.67. The Balaban J connectivity index is 0.00000200. The maximum Gasteiger partial charge on any atom is 0.339 e. The minimum atomic E-state index is -1.11. The zero-order valence-electron chi connectivity index (χ0n) is 11.6. The van der Waals surface area contributed by atoms with Gasteiger partial charge in [-0.15, -0.1) is 0 Å². The van der Waals surface area contributed by atoms with Gasteiger partial charge in [-0.2, -0.15) is 0 Å². The molecule has 4 heteroatoms. The largest absolute Gasteiger partial charge is 0.506 e. The number of carbonyl (C=O) groups is 1. The Morgan fingerprint density at radius 3 is 2.20 bits per heavy atom. The van der Waals surface area contributed by atoms with Gasteiger partial charge in [-0.1, -0.05) is 44.2 Å². The Hall–Kier alpha value is -1.67. The van der Waals surface area contributed by atoms with E-state index in [1.807, 2.05) is 50.2 Å². The summed E-state index contributed by atoms with van der Waals surface area (Å²) in [7, 11) is 0. The van der Waals surface area contributed by atoms with Crippen molar-refractivity contribution in [2.45, 2.75) is 19.8 Å². The first-order chi connectivity index (χ1) is 9.00. The van der Waals surface area contributed by atoms with Gasteiger partial charge in [-0.05, 0) is 29.2 Å². The van der Waals surface area contributed by atoms with Crippen molar-refractivity contribution in [3.8, 4) is 16.9 Å². The number of aromatic carboxylic acids is 1. The predicted octanol–water partition coefficient (Wildman–Crippen LogP) is 3.88. The summed E-state index contributed by atoms with van der Waals surface area (Å²) in [6.07, 6.45) is 0. The standard InChI is InChI=1S/C16H16O3.Zn/c1-10(2)12-8-13(11-6-4-3-5-7-11)15(17)14(9-12)16(18)19;/h3-10,17H,1-2H3,(H,18,19);. The Morgan fingerprint density at radius 2 is 1.70 bits per heavy atom. The number of hydrogen-bond acceptors (Lipinski definition) is 2. The van der Waals surface area contributed by atoms with Crippen LogP contribution < -0.4 is 0 Å². The topological polar surface area (TPSA) is 57.5 Å². The fraction of sp³-hybridized carbons (Fsp3) is 0.188. The molecule has 0 heterocycles. The molecule has 0 aromatic heterocycles. The molecule has 3 nitrogen and oxygen atoms in total. The van der Waals surface area contributed by atoms with Crippen molar-refractivity contribution in [2.75, 3.05) is 0 Å². The maximum atomic E-state index is 11.2. The van der Waals surface area contributed by atoms with Crippen LogP contribution in [-0.4, -0.2) is 16.2 Å². The molecule has 0 unspecified atom stereocenters. The zero-order valence-corrected chi connectivity index (χ0v) is 14.6. The van der Waals surface area contributed by atoms with Crippen LogP contribution in [0.1, 0.15) is 35.7 Å². The number of benzene rings is 2. The van der Waals surface area contributed by atoms with E-state index in [-0.39, 0.29) is 36.7 Å². The van der Waals surface area contributed by atoms with Crippen LogP contribution in [-0.2, 0) is 19.5 Å². The number of rotatable bonds is 3. The van der Waals surface area contributed by atoms with Crippen LogP contribution in [0.25, 0.3) is 11.1 Å². The van der Waals surface area contributed by atoms with E-state index in [0.29, 0.717) is 5.56 Å². The summed E-state index contributed by atoms with van der Waals surface area (Å²) in [5.74, 6) is -1.10. The average Bonchev–Trinajstić information content (AvgIpc) is 2.39. The van der Waals surface area contributed by atoms with Crippen molar-refractivity contribution in [3.63, 3.8) is 0 Å². The monoisotopic (exact) mass is 320 g/mol. The number of hydrogen-bond donors (Lipinski definition) is 2. The molecule has 2 aromatic rings. The molecule has 20 heavy (non-hydrogen) atoms. The zero-order chi connectivity index (χ0) is 14.0. The van der Waals surface area contributed by atoms with Crippen molar-refractivity contribution < 1.29 is 34.5 Å². The average molecular weight is 322 g/mol. The summed E-state index contributed by atoms with van der Waals surface area (Å²) >= 11 is 0. The Morgan fingerprint density at radius 1 is 1.10 bits per heavy atom. The summed E-state index contributed by atoms with van der Waals surface area (Å²) in [5.41, 5.74) is 2.22. The molecule has 0 aliphatic rings. The second-order valence-corrected chi connectivity index (χ2v) is 4.79. The summed E-state index contributed by atoms with van der Waals surface area (Å²) in [6, 6.07) is 12.7. The molecule has 2 rings (SSSR count). The molecule has 2 N–H and O–H groups in total. The number of phenols is 1. The summed E-state index contributed by atoms with van der Waals surface area (Å²) in [6.45, 7) is 3.99. The Bertz CT molecular complexity index is 607. The summed E-state index contributed by atoms with van der Waals surface area (Å²) < 4.78 is 0. The molecule has 0 amide bonds. The third kappa shape index (κ3) is 3.26. The van der Waals surface area contributed by atoms with Crippen LogP contribution in [0.4, 0.5) is 0 Å². The van der Waals surface area contributed by atoms with Crippen LogP contribution >= 0.6 is 0 Å². The molecule has 0 radical (unpaired) electrons. The van der Waals surface area contributed by atoms with Gasteiger partial charge in [0.2, 0.25) is 0 Å². The van der Waals surface area contributed by atoms with Crippen LogP contribution in [0.2, 0.25) is 0 Å². The first-order valence-electron chi connectivity index (χ1n) is 6.16. The number of carboxylic acid groups (broad SMARTS) is 1. The minimum Gasteiger partial charge on any atom is -0.506 e.